The number of oxazole rings is 2. The second kappa shape index (κ2) is 7.16. The fraction of sp³-hybridized carbons (Fsp3) is 0. The quantitative estimate of drug-likeness (QED) is 0.384. The van der Waals surface area contributed by atoms with Gasteiger partial charge in [0.25, 0.3) is 0 Å². The van der Waals surface area contributed by atoms with Gasteiger partial charge in [-0.15, -0.1) is 34.0 Å². The fourth-order valence-electron chi connectivity index (χ4n) is 3.25. The van der Waals surface area contributed by atoms with Crippen LogP contribution < -0.4 is 9.80 Å². The highest BCUT2D eigenvalue weighted by atomic mass is 32.1. The van der Waals surface area contributed by atoms with Gasteiger partial charge in [0.1, 0.15) is 12.0 Å². The standard InChI is InChI=1S/C18H10N7O2S3/c1-2-29-18(21-1)25-16(13-3-20-9-30-13)15(12-6-28-10-23-12)24(14-4-19-7-27-14)17(25)11-5-26-8-22-11/h1-10H. The first-order valence-corrected chi connectivity index (χ1v) is 11.3. The number of hydrogen-bond acceptors (Lipinski definition) is 12. The molecule has 0 aliphatic carbocycles. The summed E-state index contributed by atoms with van der Waals surface area (Å²) in [6.07, 6.45) is 10.3. The molecule has 1 radical (unpaired) electrons. The minimum Gasteiger partial charge on any atom is -0.451 e. The van der Waals surface area contributed by atoms with E-state index in [1.807, 2.05) is 26.8 Å². The molecule has 6 rings (SSSR count). The Kier molecular flexibility index (Phi) is 4.18. The second-order valence-corrected chi connectivity index (χ2v) is 8.44. The molecule has 0 amide bonds. The zero-order valence-electron chi connectivity index (χ0n) is 14.9. The molecule has 0 N–H and O–H groups in total. The summed E-state index contributed by atoms with van der Waals surface area (Å²) in [6, 6.07) is 0. The predicted molar refractivity (Wildman–Crippen MR) is 113 cm³/mol. The van der Waals surface area contributed by atoms with Crippen molar-refractivity contribution in [2.24, 2.45) is 0 Å². The molecule has 5 aromatic rings. The number of hydrogen-bond donors (Lipinski definition) is 0. The number of thiazole rings is 3. The third-order valence-electron chi connectivity index (χ3n) is 4.35. The smallest absolute Gasteiger partial charge is 0.223 e. The second-order valence-electron chi connectivity index (χ2n) is 5.96. The van der Waals surface area contributed by atoms with E-state index >= 15 is 0 Å². The van der Waals surface area contributed by atoms with E-state index in [9.17, 15) is 0 Å². The van der Waals surface area contributed by atoms with Crippen LogP contribution in [0.1, 0.15) is 16.3 Å². The topological polar surface area (TPSA) is 97.2 Å². The van der Waals surface area contributed by atoms with Gasteiger partial charge in [0.05, 0.1) is 39.2 Å². The summed E-state index contributed by atoms with van der Waals surface area (Å²) >= 11 is 4.57. The van der Waals surface area contributed by atoms with Gasteiger partial charge in [-0.25, -0.2) is 19.9 Å². The molecule has 0 bridgehead atoms. The van der Waals surface area contributed by atoms with Crippen LogP contribution in [0.3, 0.4) is 0 Å². The molecule has 30 heavy (non-hydrogen) atoms. The lowest BCUT2D eigenvalue weighted by atomic mass is 10.2. The summed E-state index contributed by atoms with van der Waals surface area (Å²) in [7, 11) is 0. The molecule has 1 aliphatic rings. The zero-order chi connectivity index (χ0) is 19.9. The Bertz CT molecular complexity index is 1170. The SMILES string of the molecule is c1csc(N2[C](c3cocn3)N(c3cnco3)C(c3cscn3)=C2c2cncs2)n1. The first-order valence-electron chi connectivity index (χ1n) is 8.57. The highest BCUT2D eigenvalue weighted by molar-refractivity contribution is 7.14. The maximum absolute atomic E-state index is 5.73. The molecule has 0 spiro atoms. The molecule has 0 aromatic carbocycles. The normalized spacial score (nSPS) is 14.9. The largest absolute Gasteiger partial charge is 0.451 e. The first-order chi connectivity index (χ1) is 14.9. The fourth-order valence-corrected chi connectivity index (χ4v) is 5.09. The van der Waals surface area contributed by atoms with Crippen LogP contribution in [0.5, 0.6) is 0 Å². The summed E-state index contributed by atoms with van der Waals surface area (Å²) < 4.78 is 11.0. The lowest BCUT2D eigenvalue weighted by molar-refractivity contribution is 0.552. The van der Waals surface area contributed by atoms with Gasteiger partial charge in [0.2, 0.25) is 12.0 Å². The van der Waals surface area contributed by atoms with Crippen LogP contribution in [0, 0.1) is 6.17 Å². The average Bonchev–Trinajstić information content (AvgIpc) is 3.61. The molecule has 0 atom stereocenters. The highest BCUT2D eigenvalue weighted by Gasteiger charge is 2.47. The minimum atomic E-state index is 0.525. The molecular weight excluding hydrogens is 442 g/mol. The van der Waals surface area contributed by atoms with Crippen LogP contribution in [-0.2, 0) is 0 Å². The average molecular weight is 453 g/mol. The van der Waals surface area contributed by atoms with Crippen molar-refractivity contribution >= 4 is 56.4 Å². The van der Waals surface area contributed by atoms with Gasteiger partial charge < -0.3 is 8.83 Å². The Labute approximate surface area is 181 Å². The molecule has 0 fully saturated rings. The molecule has 9 nitrogen and oxygen atoms in total. The Hall–Kier alpha value is -3.35. The zero-order valence-corrected chi connectivity index (χ0v) is 17.4. The summed E-state index contributed by atoms with van der Waals surface area (Å²) in [6.45, 7) is 0. The highest BCUT2D eigenvalue weighted by Crippen LogP contribution is 2.51. The molecule has 6 heterocycles. The molecule has 147 valence electrons. The Morgan fingerprint density at radius 2 is 1.87 bits per heavy atom. The van der Waals surface area contributed by atoms with Crippen molar-refractivity contribution in [2.75, 3.05) is 9.80 Å². The third-order valence-corrected chi connectivity index (χ3v) is 6.47. The third kappa shape index (κ3) is 2.69. The van der Waals surface area contributed by atoms with Crippen LogP contribution in [0.15, 0.2) is 68.3 Å². The van der Waals surface area contributed by atoms with Crippen molar-refractivity contribution < 1.29 is 8.83 Å². The van der Waals surface area contributed by atoms with E-state index in [4.69, 9.17) is 8.83 Å². The summed E-state index contributed by atoms with van der Waals surface area (Å²) in [5.41, 5.74) is 6.72. The van der Waals surface area contributed by atoms with Crippen molar-refractivity contribution in [1.82, 2.24) is 24.9 Å². The van der Waals surface area contributed by atoms with Gasteiger partial charge in [0, 0.05) is 23.2 Å². The Balaban J connectivity index is 1.69. The lowest BCUT2D eigenvalue weighted by Crippen LogP contribution is -2.33. The number of anilines is 2. The predicted octanol–water partition coefficient (Wildman–Crippen LogP) is 4.42. The maximum atomic E-state index is 5.73. The Morgan fingerprint density at radius 1 is 0.867 bits per heavy atom. The van der Waals surface area contributed by atoms with Gasteiger partial charge in [0.15, 0.2) is 17.9 Å². The Morgan fingerprint density at radius 3 is 2.53 bits per heavy atom. The lowest BCUT2D eigenvalue weighted by Gasteiger charge is -2.28. The van der Waals surface area contributed by atoms with Crippen molar-refractivity contribution in [3.05, 3.63) is 81.9 Å². The van der Waals surface area contributed by atoms with Crippen molar-refractivity contribution in [1.29, 1.82) is 0 Å². The van der Waals surface area contributed by atoms with E-state index in [2.05, 4.69) is 24.9 Å². The van der Waals surface area contributed by atoms with E-state index in [1.165, 1.54) is 46.8 Å². The van der Waals surface area contributed by atoms with E-state index in [1.54, 1.807) is 29.7 Å². The molecule has 0 unspecified atom stereocenters. The van der Waals surface area contributed by atoms with Crippen molar-refractivity contribution in [3.8, 4) is 0 Å². The van der Waals surface area contributed by atoms with E-state index in [0.717, 1.165) is 27.1 Å². The molecule has 0 saturated carbocycles. The maximum Gasteiger partial charge on any atom is 0.223 e. The van der Waals surface area contributed by atoms with Gasteiger partial charge in [-0.1, -0.05) is 0 Å². The van der Waals surface area contributed by atoms with Crippen LogP contribution in [0.2, 0.25) is 0 Å². The van der Waals surface area contributed by atoms with Crippen molar-refractivity contribution in [2.45, 2.75) is 0 Å². The van der Waals surface area contributed by atoms with Gasteiger partial charge in [-0.3, -0.25) is 14.8 Å². The monoisotopic (exact) mass is 452 g/mol. The van der Waals surface area contributed by atoms with E-state index in [-0.39, 0.29) is 0 Å². The molecule has 1 aliphatic heterocycles. The van der Waals surface area contributed by atoms with Crippen LogP contribution in [0.25, 0.3) is 11.4 Å². The summed E-state index contributed by atoms with van der Waals surface area (Å²) in [5, 5.41) is 4.69. The minimum absolute atomic E-state index is 0.525. The first kappa shape index (κ1) is 17.5. The molecule has 5 aromatic heterocycles. The van der Waals surface area contributed by atoms with E-state index < -0.39 is 0 Å². The summed E-state index contributed by atoms with van der Waals surface area (Å²) in [5.74, 6) is 0.525. The van der Waals surface area contributed by atoms with Crippen molar-refractivity contribution in [3.63, 3.8) is 0 Å². The molecule has 12 heteroatoms. The summed E-state index contributed by atoms with van der Waals surface area (Å²) in [4.78, 5) is 26.9. The van der Waals surface area contributed by atoms with Gasteiger partial charge in [-0.05, 0) is 0 Å². The molecule has 0 saturated heterocycles. The van der Waals surface area contributed by atoms with Gasteiger partial charge in [-0.2, -0.15) is 0 Å². The van der Waals surface area contributed by atoms with Gasteiger partial charge >= 0.3 is 0 Å². The van der Waals surface area contributed by atoms with Crippen LogP contribution in [0.4, 0.5) is 11.0 Å². The molecular formula is C18H10N7O2S3. The number of rotatable bonds is 5. The number of aromatic nitrogens is 5. The van der Waals surface area contributed by atoms with E-state index in [0.29, 0.717) is 17.7 Å². The van der Waals surface area contributed by atoms with Crippen LogP contribution >= 0.6 is 34.0 Å². The van der Waals surface area contributed by atoms with Crippen LogP contribution in [-0.4, -0.2) is 24.9 Å². The number of nitrogens with zero attached hydrogens (tertiary/aromatic N) is 7.